The van der Waals surface area contributed by atoms with Gasteiger partial charge in [0.05, 0.1) is 4.90 Å². The maximum absolute atomic E-state index is 13.4. The molecule has 3 rings (SSSR count). The molecular formula is C23H29N3O3S. The molecule has 1 aliphatic heterocycles. The van der Waals surface area contributed by atoms with E-state index in [-0.39, 0.29) is 22.8 Å². The number of carbonyl (C=O) groups excluding carboxylic acids is 1. The summed E-state index contributed by atoms with van der Waals surface area (Å²) in [5.74, 6) is -0.149. The topological polar surface area (TPSA) is 69.7 Å². The van der Waals surface area contributed by atoms with Crippen molar-refractivity contribution in [2.45, 2.75) is 31.3 Å². The molecule has 0 aliphatic carbocycles. The van der Waals surface area contributed by atoms with Gasteiger partial charge in [-0.15, -0.1) is 0 Å². The lowest BCUT2D eigenvalue weighted by atomic mass is 10.0. The third-order valence-corrected chi connectivity index (χ3v) is 7.32. The Kier molecular flexibility index (Phi) is 7.07. The highest BCUT2D eigenvalue weighted by molar-refractivity contribution is 7.89. The van der Waals surface area contributed by atoms with Crippen molar-refractivity contribution in [2.75, 3.05) is 25.0 Å². The Morgan fingerprint density at radius 2 is 1.80 bits per heavy atom. The van der Waals surface area contributed by atoms with E-state index in [2.05, 4.69) is 42.8 Å². The van der Waals surface area contributed by atoms with Gasteiger partial charge in [0.2, 0.25) is 15.9 Å². The second-order valence-electron chi connectivity index (χ2n) is 7.87. The molecule has 0 saturated carbocycles. The summed E-state index contributed by atoms with van der Waals surface area (Å²) in [5, 5.41) is 2.63. The van der Waals surface area contributed by atoms with Crippen LogP contribution in [0.3, 0.4) is 0 Å². The Bertz CT molecular complexity index is 973. The summed E-state index contributed by atoms with van der Waals surface area (Å²) in [6.07, 6.45) is 1.17. The second-order valence-corrected chi connectivity index (χ2v) is 9.76. The summed E-state index contributed by atoms with van der Waals surface area (Å²) in [7, 11) is -3.63. The Hall–Kier alpha value is -2.48. The Balaban J connectivity index is 1.76. The molecule has 1 aliphatic rings. The lowest BCUT2D eigenvalue weighted by molar-refractivity contribution is -0.111. The minimum absolute atomic E-state index is 0.104. The Morgan fingerprint density at radius 1 is 1.13 bits per heavy atom. The highest BCUT2D eigenvalue weighted by atomic mass is 32.2. The first kappa shape index (κ1) is 22.2. The molecule has 0 radical (unpaired) electrons. The molecule has 0 unspecified atom stereocenters. The number of sulfonamides is 1. The molecule has 0 aromatic heterocycles. The predicted octanol–water partition coefficient (Wildman–Crippen LogP) is 3.34. The Labute approximate surface area is 179 Å². The standard InChI is InChI=1S/C23H29N3O3S/c1-4-23(27)24-20-10-12-21(13-11-20)30(28,29)26-15-14-25(17-22(26)18(2)3)16-19-8-6-5-7-9-19/h4-13,18,22H,1,14-17H2,2-3H3,(H,24,27)/t22-/m1/s1. The largest absolute Gasteiger partial charge is 0.323 e. The van der Waals surface area contributed by atoms with Crippen LogP contribution in [0.25, 0.3) is 0 Å². The van der Waals surface area contributed by atoms with Gasteiger partial charge in [-0.3, -0.25) is 9.69 Å². The molecule has 2 aromatic rings. The number of rotatable bonds is 7. The molecule has 160 valence electrons. The summed E-state index contributed by atoms with van der Waals surface area (Å²) in [6, 6.07) is 16.4. The van der Waals surface area contributed by atoms with Gasteiger partial charge < -0.3 is 5.32 Å². The van der Waals surface area contributed by atoms with Gasteiger partial charge in [0.1, 0.15) is 0 Å². The molecule has 1 saturated heterocycles. The van der Waals surface area contributed by atoms with Crippen LogP contribution >= 0.6 is 0 Å². The van der Waals surface area contributed by atoms with E-state index >= 15 is 0 Å². The number of amides is 1. The van der Waals surface area contributed by atoms with Crippen LogP contribution in [-0.4, -0.2) is 49.2 Å². The van der Waals surface area contributed by atoms with Gasteiger partial charge in [0.25, 0.3) is 0 Å². The van der Waals surface area contributed by atoms with Gasteiger partial charge in [-0.1, -0.05) is 50.8 Å². The number of hydrogen-bond donors (Lipinski definition) is 1. The number of nitrogens with one attached hydrogen (secondary N) is 1. The smallest absolute Gasteiger partial charge is 0.247 e. The summed E-state index contributed by atoms with van der Waals surface area (Å²) >= 11 is 0. The third-order valence-electron chi connectivity index (χ3n) is 5.38. The van der Waals surface area contributed by atoms with Gasteiger partial charge in [-0.2, -0.15) is 4.31 Å². The van der Waals surface area contributed by atoms with E-state index in [4.69, 9.17) is 0 Å². The van der Waals surface area contributed by atoms with E-state index < -0.39 is 10.0 Å². The first-order chi connectivity index (χ1) is 14.3. The van der Waals surface area contributed by atoms with Crippen LogP contribution in [0.2, 0.25) is 0 Å². The fourth-order valence-electron chi connectivity index (χ4n) is 3.72. The Morgan fingerprint density at radius 3 is 2.40 bits per heavy atom. The summed E-state index contributed by atoms with van der Waals surface area (Å²) in [4.78, 5) is 14.0. The van der Waals surface area contributed by atoms with Gasteiger partial charge in [-0.05, 0) is 41.8 Å². The molecule has 0 bridgehead atoms. The summed E-state index contributed by atoms with van der Waals surface area (Å²) in [5.41, 5.74) is 1.76. The first-order valence-electron chi connectivity index (χ1n) is 10.1. The maximum atomic E-state index is 13.4. The average molecular weight is 428 g/mol. The zero-order valence-electron chi connectivity index (χ0n) is 17.5. The third kappa shape index (κ3) is 5.16. The molecule has 1 fully saturated rings. The van der Waals surface area contributed by atoms with E-state index in [1.54, 1.807) is 28.6 Å². The molecule has 6 nitrogen and oxygen atoms in total. The average Bonchev–Trinajstić information content (AvgIpc) is 2.74. The van der Waals surface area contributed by atoms with E-state index in [1.807, 2.05) is 18.2 Å². The van der Waals surface area contributed by atoms with Gasteiger partial charge in [0, 0.05) is 37.9 Å². The monoisotopic (exact) mass is 427 g/mol. The lowest BCUT2D eigenvalue weighted by Crippen LogP contribution is -2.56. The molecule has 1 heterocycles. The fourth-order valence-corrected chi connectivity index (χ4v) is 5.46. The van der Waals surface area contributed by atoms with Crippen LogP contribution in [0.4, 0.5) is 5.69 Å². The number of piperazine rings is 1. The van der Waals surface area contributed by atoms with Crippen molar-refractivity contribution >= 4 is 21.6 Å². The zero-order valence-corrected chi connectivity index (χ0v) is 18.3. The number of nitrogens with zero attached hydrogens (tertiary/aromatic N) is 2. The van der Waals surface area contributed by atoms with Crippen molar-refractivity contribution in [1.29, 1.82) is 0 Å². The quantitative estimate of drug-likeness (QED) is 0.688. The van der Waals surface area contributed by atoms with Crippen molar-refractivity contribution < 1.29 is 13.2 Å². The molecule has 30 heavy (non-hydrogen) atoms. The summed E-state index contributed by atoms with van der Waals surface area (Å²) in [6.45, 7) is 10.2. The van der Waals surface area contributed by atoms with Crippen molar-refractivity contribution in [2.24, 2.45) is 5.92 Å². The summed E-state index contributed by atoms with van der Waals surface area (Å²) < 4.78 is 28.4. The normalized spacial score (nSPS) is 18.3. The number of anilines is 1. The van der Waals surface area contributed by atoms with E-state index in [0.29, 0.717) is 25.3 Å². The maximum Gasteiger partial charge on any atom is 0.247 e. The van der Waals surface area contributed by atoms with Crippen LogP contribution in [0.1, 0.15) is 19.4 Å². The van der Waals surface area contributed by atoms with Crippen LogP contribution < -0.4 is 5.32 Å². The molecular weight excluding hydrogens is 398 g/mol. The number of benzene rings is 2. The molecule has 0 spiro atoms. The van der Waals surface area contributed by atoms with E-state index in [1.165, 1.54) is 11.6 Å². The molecule has 7 heteroatoms. The molecule has 2 aromatic carbocycles. The second kappa shape index (κ2) is 9.55. The van der Waals surface area contributed by atoms with E-state index in [9.17, 15) is 13.2 Å². The van der Waals surface area contributed by atoms with Crippen LogP contribution in [-0.2, 0) is 21.4 Å². The van der Waals surface area contributed by atoms with Gasteiger partial charge in [-0.25, -0.2) is 8.42 Å². The molecule has 1 atom stereocenters. The van der Waals surface area contributed by atoms with Gasteiger partial charge in [0.15, 0.2) is 0 Å². The van der Waals surface area contributed by atoms with Crippen molar-refractivity contribution in [3.63, 3.8) is 0 Å². The van der Waals surface area contributed by atoms with Crippen molar-refractivity contribution in [3.05, 3.63) is 72.8 Å². The minimum Gasteiger partial charge on any atom is -0.323 e. The van der Waals surface area contributed by atoms with E-state index in [0.717, 1.165) is 6.54 Å². The first-order valence-corrected chi connectivity index (χ1v) is 11.6. The highest BCUT2D eigenvalue weighted by Crippen LogP contribution is 2.27. The zero-order chi connectivity index (χ0) is 21.7. The lowest BCUT2D eigenvalue weighted by Gasteiger charge is -2.42. The SMILES string of the molecule is C=CC(=O)Nc1ccc(S(=O)(=O)N2CCN(Cc3ccccc3)C[C@@H]2C(C)C)cc1. The van der Waals surface area contributed by atoms with Crippen LogP contribution in [0.15, 0.2) is 72.1 Å². The molecule has 1 amide bonds. The van der Waals surface area contributed by atoms with Crippen molar-refractivity contribution in [1.82, 2.24) is 9.21 Å². The fraction of sp³-hybridized carbons (Fsp3) is 0.348. The van der Waals surface area contributed by atoms with Crippen molar-refractivity contribution in [3.8, 4) is 0 Å². The minimum atomic E-state index is -3.63. The number of carbonyl (C=O) groups is 1. The van der Waals surface area contributed by atoms with Crippen LogP contribution in [0.5, 0.6) is 0 Å². The molecule has 1 N–H and O–H groups in total. The number of hydrogen-bond acceptors (Lipinski definition) is 4. The van der Waals surface area contributed by atoms with Crippen LogP contribution in [0, 0.1) is 5.92 Å². The van der Waals surface area contributed by atoms with Gasteiger partial charge >= 0.3 is 0 Å². The predicted molar refractivity (Wildman–Crippen MR) is 120 cm³/mol. The highest BCUT2D eigenvalue weighted by Gasteiger charge is 2.37.